The second-order valence-corrected chi connectivity index (χ2v) is 5.60. The molecular weight excluding hydrogens is 371 g/mol. The highest BCUT2D eigenvalue weighted by Gasteiger charge is 2.20. The number of rotatable bonds is 4. The van der Waals surface area contributed by atoms with E-state index < -0.39 is 5.91 Å². The van der Waals surface area contributed by atoms with Crippen molar-refractivity contribution in [3.63, 3.8) is 0 Å². The van der Waals surface area contributed by atoms with Crippen molar-refractivity contribution >= 4 is 41.1 Å². The predicted molar refractivity (Wildman–Crippen MR) is 89.9 cm³/mol. The zero-order valence-corrected chi connectivity index (χ0v) is 14.2. The van der Waals surface area contributed by atoms with Crippen LogP contribution in [0.15, 0.2) is 27.9 Å². The average Bonchev–Trinajstić information content (AvgIpc) is 3.16. The van der Waals surface area contributed by atoms with E-state index in [1.165, 1.54) is 10.9 Å². The first kappa shape index (κ1) is 16.9. The highest BCUT2D eigenvalue weighted by molar-refractivity contribution is 6.42. The minimum Gasteiger partial charge on any atom is -0.378 e. The largest absolute Gasteiger partial charge is 0.378 e. The Balaban J connectivity index is 1.74. The highest BCUT2D eigenvalue weighted by atomic mass is 35.5. The highest BCUT2D eigenvalue weighted by Crippen LogP contribution is 2.21. The monoisotopic (exact) mass is 380 g/mol. The molecule has 0 saturated carbocycles. The van der Waals surface area contributed by atoms with E-state index in [2.05, 4.69) is 35.8 Å². The lowest BCUT2D eigenvalue weighted by Crippen LogP contribution is -2.19. The van der Waals surface area contributed by atoms with Crippen LogP contribution in [-0.2, 0) is 0 Å². The molecular formula is C13H10Cl2N8O2. The molecule has 3 rings (SSSR count). The Morgan fingerprint density at radius 3 is 2.84 bits per heavy atom. The molecule has 0 aliphatic rings. The predicted octanol–water partition coefficient (Wildman–Crippen LogP) is 1.61. The van der Waals surface area contributed by atoms with Crippen LogP contribution < -0.4 is 11.2 Å². The molecule has 25 heavy (non-hydrogen) atoms. The van der Waals surface area contributed by atoms with Crippen LogP contribution in [0.5, 0.6) is 0 Å². The number of carbonyl (C=O) groups is 1. The number of halogens is 2. The maximum Gasteiger partial charge on any atom is 0.293 e. The zero-order chi connectivity index (χ0) is 18.0. The maximum atomic E-state index is 12.2. The van der Waals surface area contributed by atoms with Gasteiger partial charge in [0.2, 0.25) is 11.6 Å². The summed E-state index contributed by atoms with van der Waals surface area (Å²) in [6.07, 6.45) is 1.42. The van der Waals surface area contributed by atoms with E-state index in [4.69, 9.17) is 28.9 Å². The van der Waals surface area contributed by atoms with Crippen molar-refractivity contribution < 1.29 is 9.42 Å². The fraction of sp³-hybridized carbons (Fsp3) is 0.0769. The van der Waals surface area contributed by atoms with Crippen molar-refractivity contribution in [2.24, 2.45) is 5.10 Å². The number of aromatic nitrogens is 5. The van der Waals surface area contributed by atoms with Gasteiger partial charge in [0.25, 0.3) is 5.91 Å². The summed E-state index contributed by atoms with van der Waals surface area (Å²) in [5, 5.41) is 19.3. The van der Waals surface area contributed by atoms with Crippen molar-refractivity contribution in [1.29, 1.82) is 0 Å². The fourth-order valence-corrected chi connectivity index (χ4v) is 2.20. The number of nitrogens with one attached hydrogen (secondary N) is 1. The molecule has 1 aromatic carbocycles. The molecule has 2 aromatic heterocycles. The Labute approximate surface area is 150 Å². The van der Waals surface area contributed by atoms with Gasteiger partial charge in [0.15, 0.2) is 5.69 Å². The van der Waals surface area contributed by atoms with Crippen LogP contribution in [0, 0.1) is 6.92 Å². The van der Waals surface area contributed by atoms with E-state index in [1.807, 2.05) is 0 Å². The van der Waals surface area contributed by atoms with E-state index in [0.29, 0.717) is 21.3 Å². The van der Waals surface area contributed by atoms with E-state index in [-0.39, 0.29) is 17.3 Å². The molecule has 12 heteroatoms. The Hall–Kier alpha value is -2.98. The van der Waals surface area contributed by atoms with Crippen LogP contribution in [-0.4, -0.2) is 37.4 Å². The van der Waals surface area contributed by atoms with Gasteiger partial charge in [0.05, 0.1) is 22.0 Å². The molecule has 0 fully saturated rings. The molecule has 3 N–H and O–H groups in total. The summed E-state index contributed by atoms with van der Waals surface area (Å²) in [5.41, 5.74) is 9.04. The van der Waals surface area contributed by atoms with Crippen molar-refractivity contribution in [2.75, 3.05) is 5.73 Å². The summed E-state index contributed by atoms with van der Waals surface area (Å²) in [6.45, 7) is 1.62. The lowest BCUT2D eigenvalue weighted by Gasteiger charge is -2.00. The number of nitrogens with two attached hydrogens (primary N) is 1. The average molecular weight is 381 g/mol. The maximum absolute atomic E-state index is 12.2. The normalized spacial score (nSPS) is 11.2. The third-order valence-corrected chi connectivity index (χ3v) is 3.87. The Morgan fingerprint density at radius 1 is 1.36 bits per heavy atom. The molecule has 128 valence electrons. The van der Waals surface area contributed by atoms with Gasteiger partial charge in [-0.15, -0.1) is 5.10 Å². The molecule has 0 saturated heterocycles. The van der Waals surface area contributed by atoms with Crippen LogP contribution in [0.25, 0.3) is 5.82 Å². The summed E-state index contributed by atoms with van der Waals surface area (Å²) in [6, 6.07) is 4.94. The number of anilines is 1. The fourth-order valence-electron chi connectivity index (χ4n) is 1.89. The zero-order valence-electron chi connectivity index (χ0n) is 12.6. The van der Waals surface area contributed by atoms with E-state index in [1.54, 1.807) is 25.1 Å². The van der Waals surface area contributed by atoms with Crippen molar-refractivity contribution in [2.45, 2.75) is 6.92 Å². The number of hydrogen-bond acceptors (Lipinski definition) is 8. The number of carbonyl (C=O) groups excluding carboxylic acids is 1. The van der Waals surface area contributed by atoms with Crippen molar-refractivity contribution in [3.8, 4) is 5.82 Å². The first-order chi connectivity index (χ1) is 12.0. The van der Waals surface area contributed by atoms with Gasteiger partial charge in [0, 0.05) is 0 Å². The molecule has 2 heterocycles. The standard InChI is InChI=1S/C13H10Cl2N8O2/c1-6-10(18-22-23(6)12-11(16)20-25-21-12)13(24)19-17-5-7-2-3-8(14)9(15)4-7/h2-5H,1H3,(H2,16,20)(H,19,24)/b17-5-. The molecule has 0 spiro atoms. The molecule has 0 unspecified atom stereocenters. The molecule has 0 bridgehead atoms. The number of benzene rings is 1. The van der Waals surface area contributed by atoms with Crippen LogP contribution in [0.4, 0.5) is 5.82 Å². The van der Waals surface area contributed by atoms with E-state index in [9.17, 15) is 4.79 Å². The molecule has 0 atom stereocenters. The Morgan fingerprint density at radius 2 is 2.16 bits per heavy atom. The molecule has 0 aliphatic carbocycles. The molecule has 0 aliphatic heterocycles. The van der Waals surface area contributed by atoms with Crippen LogP contribution in [0.1, 0.15) is 21.7 Å². The first-order valence-corrected chi connectivity index (χ1v) is 7.52. The summed E-state index contributed by atoms with van der Waals surface area (Å²) in [7, 11) is 0. The summed E-state index contributed by atoms with van der Waals surface area (Å²) in [5.74, 6) is -0.393. The van der Waals surface area contributed by atoms with Gasteiger partial charge in [0.1, 0.15) is 0 Å². The number of hydrazone groups is 1. The van der Waals surface area contributed by atoms with E-state index >= 15 is 0 Å². The number of nitrogens with zero attached hydrogens (tertiary/aromatic N) is 6. The number of nitrogen functional groups attached to an aromatic ring is 1. The quantitative estimate of drug-likeness (QED) is 0.517. The molecule has 3 aromatic rings. The van der Waals surface area contributed by atoms with Gasteiger partial charge in [-0.25, -0.2) is 10.1 Å². The lowest BCUT2D eigenvalue weighted by molar-refractivity contribution is 0.0949. The molecule has 0 radical (unpaired) electrons. The second kappa shape index (κ2) is 6.87. The smallest absolute Gasteiger partial charge is 0.293 e. The van der Waals surface area contributed by atoms with E-state index in [0.717, 1.165) is 0 Å². The topological polar surface area (TPSA) is 137 Å². The van der Waals surface area contributed by atoms with Gasteiger partial charge in [-0.05, 0) is 34.9 Å². The van der Waals surface area contributed by atoms with Gasteiger partial charge in [-0.3, -0.25) is 4.79 Å². The number of hydrogen-bond donors (Lipinski definition) is 2. The molecule has 1 amide bonds. The minimum atomic E-state index is -0.560. The van der Waals surface area contributed by atoms with Gasteiger partial charge < -0.3 is 5.73 Å². The SMILES string of the molecule is Cc1c(C(=O)N/N=C\c2ccc(Cl)c(Cl)c2)nnn1-c1nonc1N. The van der Waals surface area contributed by atoms with Crippen LogP contribution in [0.2, 0.25) is 10.0 Å². The Kier molecular flexibility index (Phi) is 4.63. The third kappa shape index (κ3) is 3.44. The van der Waals surface area contributed by atoms with Crippen LogP contribution in [0.3, 0.4) is 0 Å². The number of amides is 1. The van der Waals surface area contributed by atoms with Gasteiger partial charge >= 0.3 is 0 Å². The Bertz CT molecular complexity index is 965. The third-order valence-electron chi connectivity index (χ3n) is 3.13. The van der Waals surface area contributed by atoms with Crippen LogP contribution >= 0.6 is 23.2 Å². The minimum absolute atomic E-state index is 0.0256. The second-order valence-electron chi connectivity index (χ2n) is 4.78. The van der Waals surface area contributed by atoms with Gasteiger partial charge in [-0.2, -0.15) is 9.78 Å². The summed E-state index contributed by atoms with van der Waals surface area (Å²) in [4.78, 5) is 12.2. The van der Waals surface area contributed by atoms with Crippen molar-refractivity contribution in [1.82, 2.24) is 30.7 Å². The first-order valence-electron chi connectivity index (χ1n) is 6.76. The van der Waals surface area contributed by atoms with Crippen molar-refractivity contribution in [3.05, 3.63) is 45.2 Å². The summed E-state index contributed by atoms with van der Waals surface area (Å²) < 4.78 is 5.74. The molecule has 10 nitrogen and oxygen atoms in total. The summed E-state index contributed by atoms with van der Waals surface area (Å²) >= 11 is 11.7. The lowest BCUT2D eigenvalue weighted by atomic mass is 10.2. The van der Waals surface area contributed by atoms with Gasteiger partial charge in [-0.1, -0.05) is 34.5 Å².